The number of hydrogen-bond donors (Lipinski definition) is 1. The number of benzene rings is 1. The first-order chi connectivity index (χ1) is 10.4. The second-order valence-electron chi connectivity index (χ2n) is 7.32. The molecule has 3 rings (SSSR count). The van der Waals surface area contributed by atoms with Gasteiger partial charge >= 0.3 is 0 Å². The van der Waals surface area contributed by atoms with Gasteiger partial charge in [-0.3, -0.25) is 4.79 Å². The molecule has 2 aliphatic heterocycles. The number of halogens is 2. The molecule has 0 saturated carbocycles. The molecule has 1 aromatic rings. The number of amides is 1. The minimum absolute atomic E-state index is 0. The van der Waals surface area contributed by atoms with Crippen molar-refractivity contribution in [2.45, 2.75) is 38.5 Å². The molecule has 0 radical (unpaired) electrons. The van der Waals surface area contributed by atoms with Crippen LogP contribution >= 0.6 is 12.4 Å². The van der Waals surface area contributed by atoms with Crippen LogP contribution in [-0.2, 0) is 10.2 Å². The smallest absolute Gasteiger partial charge is 0.232 e. The van der Waals surface area contributed by atoms with Crippen LogP contribution in [0.1, 0.15) is 38.7 Å². The predicted octanol–water partition coefficient (Wildman–Crippen LogP) is 3.13. The average molecular weight is 341 g/mol. The zero-order valence-corrected chi connectivity index (χ0v) is 14.7. The Balaban J connectivity index is 0.00000192. The topological polar surface area (TPSA) is 32.3 Å². The average Bonchev–Trinajstić information content (AvgIpc) is 2.96. The van der Waals surface area contributed by atoms with Crippen molar-refractivity contribution in [1.29, 1.82) is 0 Å². The summed E-state index contributed by atoms with van der Waals surface area (Å²) in [7, 11) is 0. The van der Waals surface area contributed by atoms with Gasteiger partial charge in [0.25, 0.3) is 0 Å². The summed E-state index contributed by atoms with van der Waals surface area (Å²) < 4.78 is 14.1. The Hall–Kier alpha value is -1.13. The predicted molar refractivity (Wildman–Crippen MR) is 92.4 cm³/mol. The second kappa shape index (κ2) is 6.78. The van der Waals surface area contributed by atoms with Gasteiger partial charge in [-0.25, -0.2) is 4.39 Å². The van der Waals surface area contributed by atoms with Crippen LogP contribution < -0.4 is 5.32 Å². The molecular formula is C18H26ClFN2O. The lowest BCUT2D eigenvalue weighted by atomic mass is 9.76. The number of carbonyl (C=O) groups is 1. The van der Waals surface area contributed by atoms with Gasteiger partial charge in [-0.05, 0) is 51.1 Å². The van der Waals surface area contributed by atoms with E-state index in [0.29, 0.717) is 11.0 Å². The molecule has 0 unspecified atom stereocenters. The fourth-order valence-electron chi connectivity index (χ4n) is 3.88. The van der Waals surface area contributed by atoms with Gasteiger partial charge < -0.3 is 10.2 Å². The van der Waals surface area contributed by atoms with Gasteiger partial charge in [-0.15, -0.1) is 12.4 Å². The number of hydrogen-bond acceptors (Lipinski definition) is 2. The Morgan fingerprint density at radius 1 is 1.22 bits per heavy atom. The third-order valence-corrected chi connectivity index (χ3v) is 5.53. The zero-order chi connectivity index (χ0) is 15.8. The summed E-state index contributed by atoms with van der Waals surface area (Å²) >= 11 is 0. The molecule has 0 atom stereocenters. The Morgan fingerprint density at radius 2 is 1.87 bits per heavy atom. The fourth-order valence-corrected chi connectivity index (χ4v) is 3.88. The van der Waals surface area contributed by atoms with Crippen molar-refractivity contribution in [3.63, 3.8) is 0 Å². The first-order valence-corrected chi connectivity index (χ1v) is 8.20. The van der Waals surface area contributed by atoms with E-state index in [1.165, 1.54) is 12.5 Å². The lowest BCUT2D eigenvalue weighted by Gasteiger charge is -2.41. The van der Waals surface area contributed by atoms with E-state index in [-0.39, 0.29) is 24.1 Å². The third-order valence-electron chi connectivity index (χ3n) is 5.53. The molecule has 0 bridgehead atoms. The molecule has 128 valence electrons. The maximum Gasteiger partial charge on any atom is 0.232 e. The summed E-state index contributed by atoms with van der Waals surface area (Å²) in [5.74, 6) is -0.257. The molecule has 5 heteroatoms. The van der Waals surface area contributed by atoms with E-state index in [0.717, 1.165) is 39.0 Å². The quantitative estimate of drug-likeness (QED) is 0.897. The number of carbonyl (C=O) groups excluding carboxylic acids is 1. The van der Waals surface area contributed by atoms with E-state index < -0.39 is 5.41 Å². The van der Waals surface area contributed by atoms with E-state index in [2.05, 4.69) is 5.32 Å². The summed E-state index contributed by atoms with van der Waals surface area (Å²) in [5.41, 5.74) is 0.0608. The Bertz CT molecular complexity index is 560. The summed E-state index contributed by atoms with van der Waals surface area (Å²) in [6, 6.07) is 6.61. The summed E-state index contributed by atoms with van der Waals surface area (Å²) in [6.07, 6.45) is 3.32. The number of piperidine rings is 1. The number of rotatable bonds is 2. The maximum absolute atomic E-state index is 14.1. The maximum atomic E-state index is 14.1. The van der Waals surface area contributed by atoms with Crippen LogP contribution in [0.15, 0.2) is 24.3 Å². The second-order valence-corrected chi connectivity index (χ2v) is 7.32. The number of nitrogens with zero attached hydrogens (tertiary/aromatic N) is 1. The molecule has 2 heterocycles. The van der Waals surface area contributed by atoms with Crippen molar-refractivity contribution >= 4 is 18.3 Å². The number of nitrogens with one attached hydrogen (secondary N) is 1. The lowest BCUT2D eigenvalue weighted by Crippen LogP contribution is -2.50. The highest BCUT2D eigenvalue weighted by Gasteiger charge is 2.42. The SMILES string of the molecule is CC(C)(C(=O)N1CCC2(CCNC2)CC1)c1ccccc1F.Cl. The van der Waals surface area contributed by atoms with Crippen LogP contribution in [0.4, 0.5) is 4.39 Å². The van der Waals surface area contributed by atoms with Crippen LogP contribution in [0.3, 0.4) is 0 Å². The number of likely N-dealkylation sites (tertiary alicyclic amines) is 1. The molecule has 1 aromatic carbocycles. The van der Waals surface area contributed by atoms with E-state index in [9.17, 15) is 9.18 Å². The highest BCUT2D eigenvalue weighted by Crippen LogP contribution is 2.38. The van der Waals surface area contributed by atoms with Crippen molar-refractivity contribution in [2.75, 3.05) is 26.2 Å². The summed E-state index contributed by atoms with van der Waals surface area (Å²) in [4.78, 5) is 14.8. The Kier molecular flexibility index (Phi) is 5.37. The molecule has 2 aliphatic rings. The molecule has 0 aliphatic carbocycles. The fraction of sp³-hybridized carbons (Fsp3) is 0.611. The van der Waals surface area contributed by atoms with Crippen molar-refractivity contribution in [1.82, 2.24) is 10.2 Å². The molecule has 23 heavy (non-hydrogen) atoms. The highest BCUT2D eigenvalue weighted by atomic mass is 35.5. The van der Waals surface area contributed by atoms with Crippen molar-refractivity contribution in [3.8, 4) is 0 Å². The van der Waals surface area contributed by atoms with Crippen LogP contribution in [0.2, 0.25) is 0 Å². The Morgan fingerprint density at radius 3 is 2.43 bits per heavy atom. The summed E-state index contributed by atoms with van der Waals surface area (Å²) in [6.45, 7) is 7.40. The monoisotopic (exact) mass is 340 g/mol. The zero-order valence-electron chi connectivity index (χ0n) is 13.9. The first kappa shape index (κ1) is 18.2. The molecular weight excluding hydrogens is 315 g/mol. The van der Waals surface area contributed by atoms with Crippen LogP contribution in [0.25, 0.3) is 0 Å². The van der Waals surface area contributed by atoms with E-state index in [1.54, 1.807) is 18.2 Å². The van der Waals surface area contributed by atoms with Gasteiger partial charge in [0.2, 0.25) is 5.91 Å². The lowest BCUT2D eigenvalue weighted by molar-refractivity contribution is -0.138. The standard InChI is InChI=1S/C18H25FN2O.ClH/c1-17(2,14-5-3-4-6-15(14)19)16(22)21-11-8-18(9-12-21)7-10-20-13-18;/h3-6,20H,7-13H2,1-2H3;1H. The van der Waals surface area contributed by atoms with Crippen LogP contribution in [-0.4, -0.2) is 37.0 Å². The van der Waals surface area contributed by atoms with E-state index in [4.69, 9.17) is 0 Å². The van der Waals surface area contributed by atoms with E-state index >= 15 is 0 Å². The van der Waals surface area contributed by atoms with Crippen LogP contribution in [0, 0.1) is 11.2 Å². The first-order valence-electron chi connectivity index (χ1n) is 8.20. The molecule has 1 spiro atoms. The van der Waals surface area contributed by atoms with Gasteiger partial charge in [0.05, 0.1) is 5.41 Å². The van der Waals surface area contributed by atoms with Crippen molar-refractivity contribution in [3.05, 3.63) is 35.6 Å². The van der Waals surface area contributed by atoms with Gasteiger partial charge in [0, 0.05) is 25.2 Å². The van der Waals surface area contributed by atoms with Crippen molar-refractivity contribution < 1.29 is 9.18 Å². The third kappa shape index (κ3) is 3.38. The minimum Gasteiger partial charge on any atom is -0.342 e. The van der Waals surface area contributed by atoms with Crippen molar-refractivity contribution in [2.24, 2.45) is 5.41 Å². The largest absolute Gasteiger partial charge is 0.342 e. The molecule has 1 amide bonds. The van der Waals surface area contributed by atoms with Gasteiger partial charge in [0.15, 0.2) is 0 Å². The van der Waals surface area contributed by atoms with Gasteiger partial charge in [0.1, 0.15) is 5.82 Å². The van der Waals surface area contributed by atoms with Gasteiger partial charge in [-0.2, -0.15) is 0 Å². The molecule has 0 aromatic heterocycles. The molecule has 2 fully saturated rings. The molecule has 2 saturated heterocycles. The highest BCUT2D eigenvalue weighted by molar-refractivity contribution is 5.87. The minimum atomic E-state index is -0.816. The molecule has 3 nitrogen and oxygen atoms in total. The van der Waals surface area contributed by atoms with Gasteiger partial charge in [-0.1, -0.05) is 18.2 Å². The summed E-state index contributed by atoms with van der Waals surface area (Å²) in [5, 5.41) is 3.44. The van der Waals surface area contributed by atoms with Crippen LogP contribution in [0.5, 0.6) is 0 Å². The Labute approximate surface area is 144 Å². The normalized spacial score (nSPS) is 20.4. The molecule has 1 N–H and O–H groups in total. The van der Waals surface area contributed by atoms with E-state index in [1.807, 2.05) is 18.7 Å².